The van der Waals surface area contributed by atoms with Gasteiger partial charge in [-0.25, -0.2) is 4.98 Å². The van der Waals surface area contributed by atoms with Crippen molar-refractivity contribution in [1.29, 1.82) is 0 Å². The van der Waals surface area contributed by atoms with Crippen LogP contribution in [0.15, 0.2) is 29.6 Å². The lowest BCUT2D eigenvalue weighted by Gasteiger charge is -2.36. The smallest absolute Gasteiger partial charge is 0.229 e. The van der Waals surface area contributed by atoms with Crippen molar-refractivity contribution in [2.24, 2.45) is 5.92 Å². The van der Waals surface area contributed by atoms with Gasteiger partial charge in [0.1, 0.15) is 0 Å². The molecule has 6 nitrogen and oxygen atoms in total. The number of carbonyl (C=O) groups excluding carboxylic acids is 2. The molecule has 142 valence electrons. The number of aromatic nitrogens is 1. The highest BCUT2D eigenvalue weighted by atomic mass is 35.5. The third-order valence-electron chi connectivity index (χ3n) is 4.87. The summed E-state index contributed by atoms with van der Waals surface area (Å²) in [6.45, 7) is 2.93. The number of amides is 2. The van der Waals surface area contributed by atoms with Gasteiger partial charge in [-0.15, -0.1) is 11.3 Å². The van der Waals surface area contributed by atoms with E-state index >= 15 is 0 Å². The van der Waals surface area contributed by atoms with Crippen LogP contribution in [0, 0.1) is 5.92 Å². The number of anilines is 2. The monoisotopic (exact) mass is 404 g/mol. The van der Waals surface area contributed by atoms with Gasteiger partial charge in [-0.05, 0) is 31.0 Å². The van der Waals surface area contributed by atoms with E-state index in [1.807, 2.05) is 34.5 Å². The van der Waals surface area contributed by atoms with Gasteiger partial charge in [-0.1, -0.05) is 17.7 Å². The molecule has 0 spiro atoms. The first-order valence-corrected chi connectivity index (χ1v) is 10.4. The number of rotatable bonds is 5. The van der Waals surface area contributed by atoms with E-state index in [9.17, 15) is 9.59 Å². The minimum atomic E-state index is 0.0411. The van der Waals surface area contributed by atoms with Crippen molar-refractivity contribution in [3.63, 3.8) is 0 Å². The van der Waals surface area contributed by atoms with E-state index in [0.29, 0.717) is 23.9 Å². The van der Waals surface area contributed by atoms with Crippen molar-refractivity contribution in [2.45, 2.75) is 19.3 Å². The predicted octanol–water partition coefficient (Wildman–Crippen LogP) is 3.04. The zero-order chi connectivity index (χ0) is 18.8. The Hall–Kier alpha value is -2.12. The van der Waals surface area contributed by atoms with Crippen LogP contribution in [0.25, 0.3) is 0 Å². The van der Waals surface area contributed by atoms with Crippen LogP contribution in [0.3, 0.4) is 0 Å². The van der Waals surface area contributed by atoms with Crippen LogP contribution >= 0.6 is 22.9 Å². The molecule has 27 heavy (non-hydrogen) atoms. The molecule has 2 amide bonds. The van der Waals surface area contributed by atoms with Gasteiger partial charge in [-0.2, -0.15) is 0 Å². The Kier molecular flexibility index (Phi) is 5.31. The second-order valence-corrected chi connectivity index (χ2v) is 8.23. The molecule has 2 fully saturated rings. The van der Waals surface area contributed by atoms with E-state index in [2.05, 4.69) is 15.2 Å². The number of halogens is 1. The fourth-order valence-corrected chi connectivity index (χ4v) is 4.05. The molecule has 2 aliphatic rings. The van der Waals surface area contributed by atoms with E-state index in [1.54, 1.807) is 0 Å². The third kappa shape index (κ3) is 4.59. The van der Waals surface area contributed by atoms with Gasteiger partial charge < -0.3 is 15.1 Å². The Morgan fingerprint density at radius 2 is 2.00 bits per heavy atom. The lowest BCUT2D eigenvalue weighted by atomic mass is 10.2. The second kappa shape index (κ2) is 7.86. The SMILES string of the molecule is O=C(Nc1nc(CC(=O)N2CCN(c3cccc(Cl)c3)CC2)cs1)C1CC1. The minimum absolute atomic E-state index is 0.0411. The first-order chi connectivity index (χ1) is 13.1. The number of hydrogen-bond acceptors (Lipinski definition) is 5. The van der Waals surface area contributed by atoms with Crippen LogP contribution < -0.4 is 10.2 Å². The Morgan fingerprint density at radius 1 is 1.22 bits per heavy atom. The van der Waals surface area contributed by atoms with E-state index in [1.165, 1.54) is 11.3 Å². The molecule has 1 saturated heterocycles. The molecule has 1 aromatic carbocycles. The summed E-state index contributed by atoms with van der Waals surface area (Å²) in [5.74, 6) is 0.264. The Balaban J connectivity index is 1.28. The molecule has 0 radical (unpaired) electrons. The number of nitrogens with zero attached hydrogens (tertiary/aromatic N) is 3. The van der Waals surface area contributed by atoms with Gasteiger partial charge in [0.25, 0.3) is 0 Å². The van der Waals surface area contributed by atoms with Crippen molar-refractivity contribution < 1.29 is 9.59 Å². The number of nitrogens with one attached hydrogen (secondary N) is 1. The summed E-state index contributed by atoms with van der Waals surface area (Å²) < 4.78 is 0. The zero-order valence-electron chi connectivity index (χ0n) is 14.9. The standard InChI is InChI=1S/C19H21ClN4O2S/c20-14-2-1-3-16(10-14)23-6-8-24(9-7-23)17(25)11-15-12-27-19(21-15)22-18(26)13-4-5-13/h1-3,10,12-13H,4-9,11H2,(H,21,22,26). The van der Waals surface area contributed by atoms with E-state index in [-0.39, 0.29) is 24.2 Å². The first-order valence-electron chi connectivity index (χ1n) is 9.12. The van der Waals surface area contributed by atoms with Crippen LogP contribution in [-0.2, 0) is 16.0 Å². The van der Waals surface area contributed by atoms with Crippen LogP contribution in [0.1, 0.15) is 18.5 Å². The third-order valence-corrected chi connectivity index (χ3v) is 5.91. The van der Waals surface area contributed by atoms with Gasteiger partial charge in [-0.3, -0.25) is 9.59 Å². The maximum Gasteiger partial charge on any atom is 0.229 e. The van der Waals surface area contributed by atoms with E-state index < -0.39 is 0 Å². The number of piperazine rings is 1. The van der Waals surface area contributed by atoms with Crippen LogP contribution in [0.2, 0.25) is 5.02 Å². The molecular formula is C19H21ClN4O2S. The fourth-order valence-electron chi connectivity index (χ4n) is 3.15. The molecule has 2 heterocycles. The minimum Gasteiger partial charge on any atom is -0.368 e. The summed E-state index contributed by atoms with van der Waals surface area (Å²) in [5, 5.41) is 5.99. The topological polar surface area (TPSA) is 65.5 Å². The zero-order valence-corrected chi connectivity index (χ0v) is 16.4. The Bertz CT molecular complexity index is 844. The second-order valence-electron chi connectivity index (χ2n) is 6.93. The summed E-state index contributed by atoms with van der Waals surface area (Å²) in [4.78, 5) is 32.9. The number of carbonyl (C=O) groups is 2. The molecular weight excluding hydrogens is 384 g/mol. The molecule has 1 aliphatic heterocycles. The quantitative estimate of drug-likeness (QED) is 0.831. The van der Waals surface area contributed by atoms with Gasteiger partial charge >= 0.3 is 0 Å². The number of thiazole rings is 1. The summed E-state index contributed by atoms with van der Waals surface area (Å²) in [5.41, 5.74) is 1.80. The van der Waals surface area contributed by atoms with Crippen molar-refractivity contribution >= 4 is 45.6 Å². The average Bonchev–Trinajstić information content (AvgIpc) is 3.44. The first kappa shape index (κ1) is 18.3. The lowest BCUT2D eigenvalue weighted by Crippen LogP contribution is -2.49. The van der Waals surface area contributed by atoms with Gasteiger partial charge in [0, 0.05) is 48.2 Å². The molecule has 1 N–H and O–H groups in total. The highest BCUT2D eigenvalue weighted by Gasteiger charge is 2.30. The summed E-state index contributed by atoms with van der Waals surface area (Å²) >= 11 is 7.44. The predicted molar refractivity (Wildman–Crippen MR) is 107 cm³/mol. The summed E-state index contributed by atoms with van der Waals surface area (Å²) in [6.07, 6.45) is 2.19. The molecule has 8 heteroatoms. The van der Waals surface area contributed by atoms with Crippen LogP contribution in [-0.4, -0.2) is 47.9 Å². The van der Waals surface area contributed by atoms with Crippen molar-refractivity contribution in [1.82, 2.24) is 9.88 Å². The molecule has 1 saturated carbocycles. The molecule has 0 atom stereocenters. The van der Waals surface area contributed by atoms with E-state index in [0.717, 1.165) is 36.6 Å². The van der Waals surface area contributed by atoms with Gasteiger partial charge in [0.05, 0.1) is 12.1 Å². The normalized spacial score (nSPS) is 17.1. The largest absolute Gasteiger partial charge is 0.368 e. The van der Waals surface area contributed by atoms with Crippen LogP contribution in [0.5, 0.6) is 0 Å². The molecule has 1 aliphatic carbocycles. The maximum absolute atomic E-state index is 12.6. The maximum atomic E-state index is 12.6. The van der Waals surface area contributed by atoms with Crippen molar-refractivity contribution in [3.8, 4) is 0 Å². The Labute approximate surface area is 167 Å². The van der Waals surface area contributed by atoms with Crippen molar-refractivity contribution in [3.05, 3.63) is 40.4 Å². The van der Waals surface area contributed by atoms with E-state index in [4.69, 9.17) is 11.6 Å². The fraction of sp³-hybridized carbons (Fsp3) is 0.421. The molecule has 4 rings (SSSR count). The van der Waals surface area contributed by atoms with Gasteiger partial charge in [0.2, 0.25) is 11.8 Å². The van der Waals surface area contributed by atoms with Gasteiger partial charge in [0.15, 0.2) is 5.13 Å². The number of benzene rings is 1. The highest BCUT2D eigenvalue weighted by molar-refractivity contribution is 7.13. The molecule has 1 aromatic heterocycles. The highest BCUT2D eigenvalue weighted by Crippen LogP contribution is 2.30. The average molecular weight is 405 g/mol. The summed E-state index contributed by atoms with van der Waals surface area (Å²) in [6, 6.07) is 7.79. The molecule has 0 unspecified atom stereocenters. The molecule has 2 aromatic rings. The lowest BCUT2D eigenvalue weighted by molar-refractivity contribution is -0.130. The number of hydrogen-bond donors (Lipinski definition) is 1. The summed E-state index contributed by atoms with van der Waals surface area (Å²) in [7, 11) is 0. The Morgan fingerprint density at radius 3 is 2.70 bits per heavy atom. The van der Waals surface area contributed by atoms with Crippen LogP contribution in [0.4, 0.5) is 10.8 Å². The van der Waals surface area contributed by atoms with Crippen molar-refractivity contribution in [2.75, 3.05) is 36.4 Å². The molecule has 0 bridgehead atoms.